The highest BCUT2D eigenvalue weighted by Gasteiger charge is 2.24. The summed E-state index contributed by atoms with van der Waals surface area (Å²) in [6.45, 7) is 4.47. The minimum atomic E-state index is -0.205. The molecule has 2 aromatic rings. The molecule has 1 aromatic carbocycles. The van der Waals surface area contributed by atoms with Gasteiger partial charge in [0.15, 0.2) is 5.78 Å². The summed E-state index contributed by atoms with van der Waals surface area (Å²) >= 11 is 0. The molecule has 1 aromatic heterocycles. The number of aliphatic hydroxyl groups is 1. The van der Waals surface area contributed by atoms with Crippen molar-refractivity contribution in [3.8, 4) is 11.1 Å². The number of aliphatic hydroxyl groups excluding tert-OH is 1. The average molecular weight is 408 g/mol. The zero-order chi connectivity index (χ0) is 21.1. The minimum Gasteiger partial charge on any atom is -0.393 e. The molecule has 160 valence electrons. The topological polar surface area (TPSA) is 79.5 Å². The van der Waals surface area contributed by atoms with E-state index >= 15 is 0 Å². The van der Waals surface area contributed by atoms with Crippen LogP contribution < -0.4 is 5.73 Å². The molecular weight excluding hydrogens is 374 g/mol. The smallest absolute Gasteiger partial charge is 0.166 e. The van der Waals surface area contributed by atoms with Gasteiger partial charge in [0.25, 0.3) is 0 Å². The van der Waals surface area contributed by atoms with E-state index in [1.165, 1.54) is 24.9 Å². The first-order valence-corrected chi connectivity index (χ1v) is 11.3. The summed E-state index contributed by atoms with van der Waals surface area (Å²) in [4.78, 5) is 19.7. The minimum absolute atomic E-state index is 0.0582. The molecule has 2 fully saturated rings. The Labute approximate surface area is 179 Å². The molecule has 0 radical (unpaired) electrons. The van der Waals surface area contributed by atoms with Crippen LogP contribution >= 0.6 is 0 Å². The third-order valence-electron chi connectivity index (χ3n) is 6.87. The number of anilines is 1. The monoisotopic (exact) mass is 407 g/mol. The number of carbonyl (C=O) groups is 1. The molecule has 5 heteroatoms. The molecule has 2 heterocycles. The number of carbonyl (C=O) groups excluding carboxylic acids is 1. The molecule has 0 amide bonds. The third-order valence-corrected chi connectivity index (χ3v) is 6.87. The molecule has 1 atom stereocenters. The number of hydrogen-bond acceptors (Lipinski definition) is 5. The molecule has 4 rings (SSSR count). The fourth-order valence-corrected chi connectivity index (χ4v) is 4.84. The highest BCUT2D eigenvalue weighted by molar-refractivity contribution is 6.01. The second-order valence-corrected chi connectivity index (χ2v) is 9.12. The number of hydrogen-bond donors (Lipinski definition) is 2. The normalized spacial score (nSPS) is 24.8. The van der Waals surface area contributed by atoms with E-state index in [2.05, 4.69) is 41.1 Å². The Balaban J connectivity index is 1.45. The van der Waals surface area contributed by atoms with Gasteiger partial charge in [-0.2, -0.15) is 0 Å². The summed E-state index contributed by atoms with van der Waals surface area (Å²) in [6, 6.07) is 11.1. The molecule has 3 N–H and O–H groups in total. The molecule has 1 saturated carbocycles. The van der Waals surface area contributed by atoms with Crippen molar-refractivity contribution in [1.29, 1.82) is 0 Å². The number of aromatic nitrogens is 1. The third kappa shape index (κ3) is 4.90. The Kier molecular flexibility index (Phi) is 6.49. The highest BCUT2D eigenvalue weighted by atomic mass is 16.3. The molecule has 0 spiro atoms. The maximum absolute atomic E-state index is 12.9. The summed E-state index contributed by atoms with van der Waals surface area (Å²) in [6.07, 6.45) is 7.97. The molecular formula is C25H33N3O2. The van der Waals surface area contributed by atoms with E-state index in [1.807, 2.05) is 6.07 Å². The van der Waals surface area contributed by atoms with Crippen LogP contribution in [0.25, 0.3) is 11.1 Å². The highest BCUT2D eigenvalue weighted by Crippen LogP contribution is 2.30. The van der Waals surface area contributed by atoms with Gasteiger partial charge in [0.05, 0.1) is 11.7 Å². The number of rotatable bonds is 6. The lowest BCUT2D eigenvalue weighted by Gasteiger charge is -2.24. The van der Waals surface area contributed by atoms with Gasteiger partial charge in [-0.25, -0.2) is 4.98 Å². The first-order chi connectivity index (χ1) is 14.5. The van der Waals surface area contributed by atoms with E-state index in [0.717, 1.165) is 43.4 Å². The van der Waals surface area contributed by atoms with Crippen molar-refractivity contribution in [2.75, 3.05) is 12.3 Å². The van der Waals surface area contributed by atoms with Crippen LogP contribution in [0.1, 0.15) is 67.8 Å². The van der Waals surface area contributed by atoms with Crippen molar-refractivity contribution >= 4 is 11.6 Å². The van der Waals surface area contributed by atoms with Gasteiger partial charge >= 0.3 is 0 Å². The number of nitrogens with two attached hydrogens (primary N) is 1. The number of benzene rings is 1. The van der Waals surface area contributed by atoms with E-state index in [0.29, 0.717) is 29.8 Å². The fourth-order valence-electron chi connectivity index (χ4n) is 4.84. The van der Waals surface area contributed by atoms with E-state index < -0.39 is 0 Å². The van der Waals surface area contributed by atoms with Crippen LogP contribution in [0.2, 0.25) is 0 Å². The Morgan fingerprint density at radius 3 is 2.53 bits per heavy atom. The summed E-state index contributed by atoms with van der Waals surface area (Å²) in [5, 5.41) is 9.68. The van der Waals surface area contributed by atoms with Gasteiger partial charge in [0.2, 0.25) is 0 Å². The number of likely N-dealkylation sites (tertiary alicyclic amines) is 1. The number of nitrogens with zero attached hydrogens (tertiary/aromatic N) is 2. The van der Waals surface area contributed by atoms with Crippen molar-refractivity contribution < 1.29 is 9.90 Å². The first kappa shape index (κ1) is 21.0. The van der Waals surface area contributed by atoms with E-state index in [9.17, 15) is 9.90 Å². The standard InChI is InChI=1S/C25H33N3O2/c1-17-3-2-12-28(17)16-19-4-8-20(9-5-19)21-14-23(25(26)27-15-21)24(30)13-18-6-10-22(29)11-7-18/h4-5,8-9,14-15,17-18,22,29H,2-3,6-7,10-13,16H2,1H3,(H2,26,27)/t17-,18?,22?/m1/s1. The lowest BCUT2D eigenvalue weighted by Crippen LogP contribution is -2.26. The van der Waals surface area contributed by atoms with Crippen molar-refractivity contribution in [2.45, 2.75) is 70.6 Å². The van der Waals surface area contributed by atoms with Gasteiger partial charge in [-0.3, -0.25) is 9.69 Å². The lowest BCUT2D eigenvalue weighted by atomic mass is 9.83. The first-order valence-electron chi connectivity index (χ1n) is 11.3. The summed E-state index contributed by atoms with van der Waals surface area (Å²) in [5.41, 5.74) is 9.86. The van der Waals surface area contributed by atoms with Crippen LogP contribution in [0.5, 0.6) is 0 Å². The predicted molar refractivity (Wildman–Crippen MR) is 120 cm³/mol. The fraction of sp³-hybridized carbons (Fsp3) is 0.520. The molecule has 0 bridgehead atoms. The van der Waals surface area contributed by atoms with Gasteiger partial charge in [-0.05, 0) is 75.1 Å². The average Bonchev–Trinajstić information content (AvgIpc) is 3.15. The van der Waals surface area contributed by atoms with Crippen LogP contribution in [-0.4, -0.2) is 39.5 Å². The van der Waals surface area contributed by atoms with Crippen LogP contribution in [0.4, 0.5) is 5.82 Å². The zero-order valence-electron chi connectivity index (χ0n) is 17.9. The van der Waals surface area contributed by atoms with Crippen LogP contribution in [-0.2, 0) is 6.54 Å². The van der Waals surface area contributed by atoms with E-state index in [1.54, 1.807) is 6.20 Å². The van der Waals surface area contributed by atoms with Crippen molar-refractivity contribution in [3.05, 3.63) is 47.7 Å². The SMILES string of the molecule is C[C@@H]1CCCN1Cc1ccc(-c2cnc(N)c(C(=O)CC3CCC(O)CC3)c2)cc1. The van der Waals surface area contributed by atoms with Crippen molar-refractivity contribution in [3.63, 3.8) is 0 Å². The molecule has 30 heavy (non-hydrogen) atoms. The quantitative estimate of drug-likeness (QED) is 0.692. The second kappa shape index (κ2) is 9.27. The summed E-state index contributed by atoms with van der Waals surface area (Å²) in [7, 11) is 0. The van der Waals surface area contributed by atoms with Gasteiger partial charge in [-0.1, -0.05) is 24.3 Å². The Hall–Kier alpha value is -2.24. The number of pyridine rings is 1. The zero-order valence-corrected chi connectivity index (χ0v) is 17.9. The summed E-state index contributed by atoms with van der Waals surface area (Å²) < 4.78 is 0. The Bertz CT molecular complexity index is 872. The Morgan fingerprint density at radius 2 is 1.87 bits per heavy atom. The number of nitrogen functional groups attached to an aromatic ring is 1. The van der Waals surface area contributed by atoms with E-state index in [-0.39, 0.29) is 11.9 Å². The molecule has 1 aliphatic carbocycles. The van der Waals surface area contributed by atoms with Gasteiger partial charge in [0, 0.05) is 30.8 Å². The van der Waals surface area contributed by atoms with Crippen LogP contribution in [0.3, 0.4) is 0 Å². The van der Waals surface area contributed by atoms with Gasteiger partial charge < -0.3 is 10.8 Å². The number of ketones is 1. The molecule has 1 aliphatic heterocycles. The molecule has 2 aliphatic rings. The van der Waals surface area contributed by atoms with Crippen molar-refractivity contribution in [1.82, 2.24) is 9.88 Å². The summed E-state index contributed by atoms with van der Waals surface area (Å²) in [5.74, 6) is 0.693. The second-order valence-electron chi connectivity index (χ2n) is 9.12. The maximum Gasteiger partial charge on any atom is 0.166 e. The Morgan fingerprint density at radius 1 is 1.13 bits per heavy atom. The van der Waals surface area contributed by atoms with E-state index in [4.69, 9.17) is 5.73 Å². The molecule has 5 nitrogen and oxygen atoms in total. The van der Waals surface area contributed by atoms with Gasteiger partial charge in [-0.15, -0.1) is 0 Å². The lowest BCUT2D eigenvalue weighted by molar-refractivity contribution is 0.0860. The molecule has 1 saturated heterocycles. The largest absolute Gasteiger partial charge is 0.393 e. The predicted octanol–water partition coefficient (Wildman–Crippen LogP) is 4.44. The van der Waals surface area contributed by atoms with Crippen LogP contribution in [0.15, 0.2) is 36.5 Å². The maximum atomic E-state index is 12.9. The van der Waals surface area contributed by atoms with Crippen LogP contribution in [0, 0.1) is 5.92 Å². The molecule has 0 unspecified atom stereocenters. The van der Waals surface area contributed by atoms with Gasteiger partial charge in [0.1, 0.15) is 5.82 Å². The number of Topliss-reactive ketones (excluding diaryl/α,β-unsaturated/α-hetero) is 1. The van der Waals surface area contributed by atoms with Crippen molar-refractivity contribution in [2.24, 2.45) is 5.92 Å².